The summed E-state index contributed by atoms with van der Waals surface area (Å²) in [6, 6.07) is 0.119. The number of methoxy groups -OCH3 is 2. The van der Waals surface area contributed by atoms with Gasteiger partial charge in [-0.3, -0.25) is 0 Å². The van der Waals surface area contributed by atoms with Crippen molar-refractivity contribution in [1.82, 2.24) is 4.98 Å². The Kier molecular flexibility index (Phi) is 3.98. The lowest BCUT2D eigenvalue weighted by molar-refractivity contribution is -0.00461. The lowest BCUT2D eigenvalue weighted by atomic mass is 9.77. The van der Waals surface area contributed by atoms with E-state index in [4.69, 9.17) is 20.2 Å². The summed E-state index contributed by atoms with van der Waals surface area (Å²) in [5.74, 6) is 0. The van der Waals surface area contributed by atoms with Gasteiger partial charge in [0.1, 0.15) is 12.2 Å². The Bertz CT molecular complexity index is 505. The summed E-state index contributed by atoms with van der Waals surface area (Å²) in [7, 11) is 3.48. The molecule has 1 aromatic heterocycles. The van der Waals surface area contributed by atoms with Gasteiger partial charge in [0.15, 0.2) is 5.13 Å². The largest absolute Gasteiger partial charge is 0.377 e. The standard InChI is InChI=1S/C15H25N3O2S/c1-15(2)5-9(16)13-10(6-15)17-14(21-13)18-7-11(19-3)12(8-18)20-4/h9,11-12H,5-8,16H2,1-4H3. The summed E-state index contributed by atoms with van der Waals surface area (Å²) in [6.07, 6.45) is 2.27. The molecule has 1 aromatic rings. The highest BCUT2D eigenvalue weighted by atomic mass is 32.1. The fourth-order valence-electron chi connectivity index (χ4n) is 3.47. The molecule has 1 saturated heterocycles. The van der Waals surface area contributed by atoms with Gasteiger partial charge >= 0.3 is 0 Å². The van der Waals surface area contributed by atoms with E-state index in [9.17, 15) is 0 Å². The van der Waals surface area contributed by atoms with Crippen LogP contribution >= 0.6 is 11.3 Å². The number of anilines is 1. The molecule has 1 aliphatic heterocycles. The molecule has 21 heavy (non-hydrogen) atoms. The molecule has 0 bridgehead atoms. The number of aromatic nitrogens is 1. The van der Waals surface area contributed by atoms with Gasteiger partial charge in [-0.25, -0.2) is 4.98 Å². The first kappa shape index (κ1) is 15.2. The zero-order valence-electron chi connectivity index (χ0n) is 13.3. The highest BCUT2D eigenvalue weighted by molar-refractivity contribution is 7.15. The number of thiazole rings is 1. The quantitative estimate of drug-likeness (QED) is 0.925. The molecule has 2 heterocycles. The fourth-order valence-corrected chi connectivity index (χ4v) is 4.57. The van der Waals surface area contributed by atoms with Gasteiger partial charge in [-0.05, 0) is 18.3 Å². The van der Waals surface area contributed by atoms with E-state index < -0.39 is 0 Å². The second-order valence-electron chi connectivity index (χ2n) is 6.91. The van der Waals surface area contributed by atoms with Crippen LogP contribution in [0.25, 0.3) is 0 Å². The van der Waals surface area contributed by atoms with Crippen LogP contribution in [0.15, 0.2) is 0 Å². The van der Waals surface area contributed by atoms with Crippen molar-refractivity contribution in [2.75, 3.05) is 32.2 Å². The van der Waals surface area contributed by atoms with Gasteiger partial charge in [0, 0.05) is 38.2 Å². The zero-order chi connectivity index (χ0) is 15.2. The van der Waals surface area contributed by atoms with E-state index in [0.717, 1.165) is 31.1 Å². The highest BCUT2D eigenvalue weighted by Gasteiger charge is 2.37. The van der Waals surface area contributed by atoms with E-state index in [2.05, 4.69) is 18.7 Å². The van der Waals surface area contributed by atoms with Crippen LogP contribution in [-0.2, 0) is 15.9 Å². The first-order chi connectivity index (χ1) is 9.93. The minimum atomic E-state index is 0.112. The Morgan fingerprint density at radius 1 is 1.24 bits per heavy atom. The van der Waals surface area contributed by atoms with E-state index >= 15 is 0 Å². The third-order valence-electron chi connectivity index (χ3n) is 4.56. The third kappa shape index (κ3) is 2.82. The van der Waals surface area contributed by atoms with Gasteiger partial charge in [0.2, 0.25) is 0 Å². The Hall–Kier alpha value is -0.690. The topological polar surface area (TPSA) is 60.6 Å². The highest BCUT2D eigenvalue weighted by Crippen LogP contribution is 2.44. The maximum atomic E-state index is 6.34. The summed E-state index contributed by atoms with van der Waals surface area (Å²) < 4.78 is 11.0. The normalized spacial score (nSPS) is 31.5. The molecule has 118 valence electrons. The number of nitrogens with two attached hydrogens (primary N) is 1. The Labute approximate surface area is 130 Å². The van der Waals surface area contributed by atoms with Gasteiger partial charge in [-0.2, -0.15) is 0 Å². The van der Waals surface area contributed by atoms with Crippen LogP contribution in [0.3, 0.4) is 0 Å². The summed E-state index contributed by atoms with van der Waals surface area (Å²) in [5, 5.41) is 1.06. The molecule has 0 saturated carbocycles. The van der Waals surface area contributed by atoms with Crippen molar-refractivity contribution >= 4 is 16.5 Å². The van der Waals surface area contributed by atoms with Crippen molar-refractivity contribution in [3.05, 3.63) is 10.6 Å². The Morgan fingerprint density at radius 3 is 2.43 bits per heavy atom. The summed E-state index contributed by atoms with van der Waals surface area (Å²) in [5.41, 5.74) is 7.77. The lowest BCUT2D eigenvalue weighted by Crippen LogP contribution is -2.28. The molecule has 5 nitrogen and oxygen atoms in total. The third-order valence-corrected chi connectivity index (χ3v) is 5.85. The predicted molar refractivity (Wildman–Crippen MR) is 85.0 cm³/mol. The van der Waals surface area contributed by atoms with E-state index in [1.165, 1.54) is 10.6 Å². The average Bonchev–Trinajstić information content (AvgIpc) is 2.99. The van der Waals surface area contributed by atoms with E-state index in [1.807, 2.05) is 0 Å². The Balaban J connectivity index is 1.83. The molecule has 0 aromatic carbocycles. The van der Waals surface area contributed by atoms with Crippen LogP contribution < -0.4 is 10.6 Å². The van der Waals surface area contributed by atoms with Crippen LogP contribution in [0.4, 0.5) is 5.13 Å². The van der Waals surface area contributed by atoms with Crippen LogP contribution in [0, 0.1) is 5.41 Å². The van der Waals surface area contributed by atoms with Gasteiger partial charge in [0.25, 0.3) is 0 Å². The molecule has 3 unspecified atom stereocenters. The van der Waals surface area contributed by atoms with Crippen molar-refractivity contribution < 1.29 is 9.47 Å². The van der Waals surface area contributed by atoms with Crippen molar-refractivity contribution in [2.24, 2.45) is 11.1 Å². The minimum absolute atomic E-state index is 0.112. The van der Waals surface area contributed by atoms with Gasteiger partial charge in [-0.15, -0.1) is 0 Å². The first-order valence-electron chi connectivity index (χ1n) is 7.49. The van der Waals surface area contributed by atoms with Crippen molar-refractivity contribution in [3.8, 4) is 0 Å². The summed E-state index contributed by atoms with van der Waals surface area (Å²) in [4.78, 5) is 8.40. The van der Waals surface area contributed by atoms with Crippen LogP contribution in [0.2, 0.25) is 0 Å². The second kappa shape index (κ2) is 5.50. The zero-order valence-corrected chi connectivity index (χ0v) is 14.1. The van der Waals surface area contributed by atoms with Gasteiger partial charge < -0.3 is 20.1 Å². The molecule has 1 fully saturated rings. The number of nitrogens with zero attached hydrogens (tertiary/aromatic N) is 2. The van der Waals surface area contributed by atoms with E-state index in [1.54, 1.807) is 25.6 Å². The fraction of sp³-hybridized carbons (Fsp3) is 0.800. The smallest absolute Gasteiger partial charge is 0.186 e. The molecule has 2 N–H and O–H groups in total. The minimum Gasteiger partial charge on any atom is -0.377 e. The van der Waals surface area contributed by atoms with Crippen molar-refractivity contribution in [2.45, 2.75) is 44.9 Å². The number of ether oxygens (including phenoxy) is 2. The molecule has 0 radical (unpaired) electrons. The molecule has 3 rings (SSSR count). The molecule has 3 atom stereocenters. The van der Waals surface area contributed by atoms with Gasteiger partial charge in [-0.1, -0.05) is 25.2 Å². The molecule has 0 amide bonds. The average molecular weight is 311 g/mol. The molecular formula is C15H25N3O2S. The van der Waals surface area contributed by atoms with Crippen LogP contribution in [-0.4, -0.2) is 44.5 Å². The predicted octanol–water partition coefficient (Wildman–Crippen LogP) is 1.97. The molecule has 1 aliphatic carbocycles. The van der Waals surface area contributed by atoms with Crippen molar-refractivity contribution in [1.29, 1.82) is 0 Å². The van der Waals surface area contributed by atoms with Crippen LogP contribution in [0.5, 0.6) is 0 Å². The Morgan fingerprint density at radius 2 is 1.86 bits per heavy atom. The van der Waals surface area contributed by atoms with E-state index in [-0.39, 0.29) is 23.7 Å². The SMILES string of the molecule is COC1CN(c2nc3c(s2)C(N)CC(C)(C)C3)CC1OC. The number of fused-ring (bicyclic) bond motifs is 1. The number of hydrogen-bond acceptors (Lipinski definition) is 6. The van der Waals surface area contributed by atoms with Crippen LogP contribution in [0.1, 0.15) is 36.9 Å². The molecule has 6 heteroatoms. The maximum absolute atomic E-state index is 6.34. The number of rotatable bonds is 3. The summed E-state index contributed by atoms with van der Waals surface area (Å²) in [6.45, 7) is 6.21. The lowest BCUT2D eigenvalue weighted by Gasteiger charge is -2.32. The maximum Gasteiger partial charge on any atom is 0.186 e. The van der Waals surface area contributed by atoms with E-state index in [0.29, 0.717) is 0 Å². The second-order valence-corrected chi connectivity index (χ2v) is 7.92. The number of hydrogen-bond donors (Lipinski definition) is 1. The molecule has 0 spiro atoms. The van der Waals surface area contributed by atoms with Gasteiger partial charge in [0.05, 0.1) is 5.69 Å². The molecular weight excluding hydrogens is 286 g/mol. The van der Waals surface area contributed by atoms with Crippen molar-refractivity contribution in [3.63, 3.8) is 0 Å². The monoisotopic (exact) mass is 311 g/mol. The summed E-state index contributed by atoms with van der Waals surface area (Å²) >= 11 is 1.75. The first-order valence-corrected chi connectivity index (χ1v) is 8.31. The molecule has 2 aliphatic rings.